The maximum absolute atomic E-state index is 6.05. The molecule has 0 unspecified atom stereocenters. The zero-order chi connectivity index (χ0) is 15.0. The molecule has 0 amide bonds. The van der Waals surface area contributed by atoms with Crippen molar-refractivity contribution in [2.45, 2.75) is 0 Å². The predicted molar refractivity (Wildman–Crippen MR) is 90.9 cm³/mol. The lowest BCUT2D eigenvalue weighted by atomic mass is 10.2. The van der Waals surface area contributed by atoms with Gasteiger partial charge in [0.25, 0.3) is 0 Å². The highest BCUT2D eigenvalue weighted by Gasteiger charge is 2.14. The molecule has 0 bridgehead atoms. The van der Waals surface area contributed by atoms with E-state index in [9.17, 15) is 0 Å². The standard InChI is InChI=1S/C14H8Br2ClN3O/c15-10-5-7(18)6-11(16)12(10)21-14-9-4-2-1-3-8(9)13(17)19-20-14/h1-6H,18H2. The first-order valence-corrected chi connectivity index (χ1v) is 7.86. The summed E-state index contributed by atoms with van der Waals surface area (Å²) in [6.07, 6.45) is 0. The van der Waals surface area contributed by atoms with E-state index in [4.69, 9.17) is 22.1 Å². The van der Waals surface area contributed by atoms with Crippen molar-refractivity contribution < 1.29 is 4.74 Å². The third-order valence-electron chi connectivity index (χ3n) is 2.83. The number of nitrogen functional groups attached to an aromatic ring is 1. The number of ether oxygens (including phenoxy) is 1. The van der Waals surface area contributed by atoms with Crippen molar-refractivity contribution >= 4 is 59.9 Å². The Morgan fingerprint density at radius 3 is 2.29 bits per heavy atom. The first-order valence-electron chi connectivity index (χ1n) is 5.89. The van der Waals surface area contributed by atoms with Gasteiger partial charge in [-0.3, -0.25) is 0 Å². The first-order chi connectivity index (χ1) is 10.1. The van der Waals surface area contributed by atoms with Crippen molar-refractivity contribution in [2.24, 2.45) is 0 Å². The van der Waals surface area contributed by atoms with E-state index in [0.717, 1.165) is 19.7 Å². The molecule has 1 aromatic heterocycles. The van der Waals surface area contributed by atoms with Gasteiger partial charge in [0.15, 0.2) is 10.9 Å². The first kappa shape index (κ1) is 14.6. The van der Waals surface area contributed by atoms with Crippen LogP contribution in [-0.4, -0.2) is 10.2 Å². The highest BCUT2D eigenvalue weighted by Crippen LogP contribution is 2.39. The van der Waals surface area contributed by atoms with E-state index in [1.165, 1.54) is 0 Å². The molecule has 0 spiro atoms. The van der Waals surface area contributed by atoms with Crippen LogP contribution < -0.4 is 10.5 Å². The molecule has 0 saturated carbocycles. The molecule has 7 heteroatoms. The molecule has 0 radical (unpaired) electrons. The number of fused-ring (bicyclic) bond motifs is 1. The molecule has 21 heavy (non-hydrogen) atoms. The molecule has 0 aliphatic rings. The lowest BCUT2D eigenvalue weighted by Crippen LogP contribution is -1.95. The van der Waals surface area contributed by atoms with Crippen LogP contribution in [0.5, 0.6) is 11.6 Å². The minimum Gasteiger partial charge on any atom is -0.435 e. The quantitative estimate of drug-likeness (QED) is 0.570. The van der Waals surface area contributed by atoms with E-state index in [1.807, 2.05) is 24.3 Å². The van der Waals surface area contributed by atoms with E-state index >= 15 is 0 Å². The molecule has 0 fully saturated rings. The van der Waals surface area contributed by atoms with Crippen LogP contribution >= 0.6 is 43.5 Å². The number of halogens is 3. The zero-order valence-corrected chi connectivity index (χ0v) is 14.4. The molecule has 0 aliphatic heterocycles. The summed E-state index contributed by atoms with van der Waals surface area (Å²) in [4.78, 5) is 0. The lowest BCUT2D eigenvalue weighted by Gasteiger charge is -2.11. The van der Waals surface area contributed by atoms with Crippen LogP contribution in [0, 0.1) is 0 Å². The maximum Gasteiger partial charge on any atom is 0.246 e. The van der Waals surface area contributed by atoms with Gasteiger partial charge in [0, 0.05) is 16.5 Å². The Morgan fingerprint density at radius 1 is 1.00 bits per heavy atom. The molecule has 3 rings (SSSR count). The van der Waals surface area contributed by atoms with Gasteiger partial charge in [0.2, 0.25) is 5.88 Å². The van der Waals surface area contributed by atoms with Crippen LogP contribution in [0.1, 0.15) is 0 Å². The Labute approximate surface area is 142 Å². The molecule has 2 N–H and O–H groups in total. The summed E-state index contributed by atoms with van der Waals surface area (Å²) in [5.74, 6) is 0.951. The fourth-order valence-electron chi connectivity index (χ4n) is 1.90. The Bertz CT molecular complexity index is 819. The van der Waals surface area contributed by atoms with Gasteiger partial charge in [-0.15, -0.1) is 10.2 Å². The fraction of sp³-hybridized carbons (Fsp3) is 0. The second kappa shape index (κ2) is 5.79. The molecule has 1 heterocycles. The maximum atomic E-state index is 6.05. The summed E-state index contributed by atoms with van der Waals surface area (Å²) in [5, 5.41) is 9.86. The van der Waals surface area contributed by atoms with Crippen LogP contribution in [0.25, 0.3) is 10.8 Å². The normalized spacial score (nSPS) is 10.8. The Balaban J connectivity index is 2.13. The summed E-state index contributed by atoms with van der Waals surface area (Å²) >= 11 is 12.9. The summed E-state index contributed by atoms with van der Waals surface area (Å²) in [7, 11) is 0. The Kier molecular flexibility index (Phi) is 4.01. The van der Waals surface area contributed by atoms with Crippen molar-refractivity contribution in [2.75, 3.05) is 5.73 Å². The van der Waals surface area contributed by atoms with Gasteiger partial charge in [-0.2, -0.15) is 0 Å². The zero-order valence-electron chi connectivity index (χ0n) is 10.5. The van der Waals surface area contributed by atoms with Crippen molar-refractivity contribution in [3.63, 3.8) is 0 Å². The SMILES string of the molecule is Nc1cc(Br)c(Oc2nnc(Cl)c3ccccc23)c(Br)c1. The van der Waals surface area contributed by atoms with E-state index in [0.29, 0.717) is 22.5 Å². The summed E-state index contributed by atoms with van der Waals surface area (Å²) in [6.45, 7) is 0. The van der Waals surface area contributed by atoms with E-state index in [2.05, 4.69) is 42.1 Å². The topological polar surface area (TPSA) is 61.0 Å². The minimum absolute atomic E-state index is 0.341. The second-order valence-corrected chi connectivity index (χ2v) is 6.32. The van der Waals surface area contributed by atoms with Gasteiger partial charge in [-0.05, 0) is 50.1 Å². The number of hydrogen-bond donors (Lipinski definition) is 1. The van der Waals surface area contributed by atoms with Gasteiger partial charge >= 0.3 is 0 Å². The summed E-state index contributed by atoms with van der Waals surface area (Å²) in [6, 6.07) is 11.0. The van der Waals surface area contributed by atoms with E-state index < -0.39 is 0 Å². The smallest absolute Gasteiger partial charge is 0.246 e. The number of benzene rings is 2. The van der Waals surface area contributed by atoms with Gasteiger partial charge in [-0.1, -0.05) is 29.8 Å². The van der Waals surface area contributed by atoms with E-state index in [1.54, 1.807) is 12.1 Å². The summed E-state index contributed by atoms with van der Waals surface area (Å²) in [5.41, 5.74) is 6.39. The van der Waals surface area contributed by atoms with Crippen LogP contribution in [0.2, 0.25) is 5.15 Å². The number of anilines is 1. The number of hydrogen-bond acceptors (Lipinski definition) is 4. The van der Waals surface area contributed by atoms with Gasteiger partial charge < -0.3 is 10.5 Å². The van der Waals surface area contributed by atoms with Crippen LogP contribution in [-0.2, 0) is 0 Å². The molecular weight excluding hydrogens is 421 g/mol. The van der Waals surface area contributed by atoms with Crippen LogP contribution in [0.15, 0.2) is 45.3 Å². The van der Waals surface area contributed by atoms with Gasteiger partial charge in [0.05, 0.1) is 8.95 Å². The van der Waals surface area contributed by atoms with Crippen molar-refractivity contribution in [1.82, 2.24) is 10.2 Å². The minimum atomic E-state index is 0.341. The van der Waals surface area contributed by atoms with Crippen LogP contribution in [0.4, 0.5) is 5.69 Å². The number of rotatable bonds is 2. The molecule has 0 saturated heterocycles. The fourth-order valence-corrected chi connectivity index (χ4v) is 3.48. The monoisotopic (exact) mass is 427 g/mol. The van der Waals surface area contributed by atoms with Gasteiger partial charge in [-0.25, -0.2) is 0 Å². The predicted octanol–water partition coefficient (Wildman–Crippen LogP) is 5.18. The van der Waals surface area contributed by atoms with Crippen molar-refractivity contribution in [3.05, 3.63) is 50.5 Å². The third kappa shape index (κ3) is 2.84. The van der Waals surface area contributed by atoms with Gasteiger partial charge in [0.1, 0.15) is 0 Å². The van der Waals surface area contributed by atoms with Crippen molar-refractivity contribution in [3.8, 4) is 11.6 Å². The molecule has 2 aromatic carbocycles. The Hall–Kier alpha value is -1.37. The molecule has 3 aromatic rings. The molecule has 0 atom stereocenters. The average molecular weight is 429 g/mol. The highest BCUT2D eigenvalue weighted by molar-refractivity contribution is 9.11. The highest BCUT2D eigenvalue weighted by atomic mass is 79.9. The third-order valence-corrected chi connectivity index (χ3v) is 4.28. The molecule has 106 valence electrons. The number of nitrogens with two attached hydrogens (primary N) is 1. The largest absolute Gasteiger partial charge is 0.435 e. The average Bonchev–Trinajstić information content (AvgIpc) is 2.45. The van der Waals surface area contributed by atoms with E-state index in [-0.39, 0.29) is 0 Å². The molecule has 0 aliphatic carbocycles. The van der Waals surface area contributed by atoms with Crippen molar-refractivity contribution in [1.29, 1.82) is 0 Å². The summed E-state index contributed by atoms with van der Waals surface area (Å²) < 4.78 is 7.32. The Morgan fingerprint density at radius 2 is 1.62 bits per heavy atom. The molecule has 4 nitrogen and oxygen atoms in total. The van der Waals surface area contributed by atoms with Crippen LogP contribution in [0.3, 0.4) is 0 Å². The second-order valence-electron chi connectivity index (χ2n) is 4.26. The molecular formula is C14H8Br2ClN3O. The lowest BCUT2D eigenvalue weighted by molar-refractivity contribution is 0.456. The number of nitrogens with zero attached hydrogens (tertiary/aromatic N) is 2. The number of aromatic nitrogens is 2.